The van der Waals surface area contributed by atoms with Crippen molar-refractivity contribution in [2.24, 2.45) is 0 Å². The molecule has 0 spiro atoms. The highest BCUT2D eigenvalue weighted by atomic mass is 16.5. The van der Waals surface area contributed by atoms with Crippen molar-refractivity contribution in [1.82, 2.24) is 15.4 Å². The van der Waals surface area contributed by atoms with Crippen LogP contribution in [0.25, 0.3) is 6.08 Å². The summed E-state index contributed by atoms with van der Waals surface area (Å²) in [7, 11) is 0. The fraction of sp³-hybridized carbons (Fsp3) is 0.529. The number of carbonyl (C=O) groups excluding carboxylic acids is 1. The summed E-state index contributed by atoms with van der Waals surface area (Å²) in [5, 5.41) is 11.9. The van der Waals surface area contributed by atoms with Gasteiger partial charge >= 0.3 is 0 Å². The van der Waals surface area contributed by atoms with Gasteiger partial charge in [0.1, 0.15) is 5.82 Å². The molecule has 0 radical (unpaired) electrons. The summed E-state index contributed by atoms with van der Waals surface area (Å²) in [4.78, 5) is 17.9. The van der Waals surface area contributed by atoms with Gasteiger partial charge in [-0.05, 0) is 43.0 Å². The Kier molecular flexibility index (Phi) is 5.79. The summed E-state index contributed by atoms with van der Waals surface area (Å²) in [6.07, 6.45) is 7.95. The maximum atomic E-state index is 11.0. The molecule has 0 unspecified atom stereocenters. The summed E-state index contributed by atoms with van der Waals surface area (Å²) in [5.41, 5.74) is 2.36. The van der Waals surface area contributed by atoms with E-state index in [2.05, 4.69) is 15.2 Å². The van der Waals surface area contributed by atoms with Crippen LogP contribution in [-0.2, 0) is 9.53 Å². The maximum Gasteiger partial charge on any atom is 0.267 e. The second-order valence-corrected chi connectivity index (χ2v) is 6.25. The third kappa shape index (κ3) is 4.53. The summed E-state index contributed by atoms with van der Waals surface area (Å²) >= 11 is 0. The molecule has 7 nitrogen and oxygen atoms in total. The predicted molar refractivity (Wildman–Crippen MR) is 90.6 cm³/mol. The Hall–Kier alpha value is -1.96. The molecule has 2 aliphatic rings. The van der Waals surface area contributed by atoms with E-state index >= 15 is 0 Å². The number of likely N-dealkylation sites (tertiary alicyclic amines) is 1. The van der Waals surface area contributed by atoms with Gasteiger partial charge in [-0.15, -0.1) is 0 Å². The zero-order valence-electron chi connectivity index (χ0n) is 13.6. The third-order valence-electron chi connectivity index (χ3n) is 4.60. The number of nitrogens with one attached hydrogen (secondary N) is 2. The largest absolute Gasteiger partial charge is 0.381 e. The Morgan fingerprint density at radius 3 is 2.88 bits per heavy atom. The highest BCUT2D eigenvalue weighted by molar-refractivity contribution is 5.90. The lowest BCUT2D eigenvalue weighted by Gasteiger charge is -2.31. The Morgan fingerprint density at radius 2 is 2.17 bits per heavy atom. The maximum absolute atomic E-state index is 11.0. The van der Waals surface area contributed by atoms with E-state index in [4.69, 9.17) is 9.94 Å². The number of hydrogen-bond acceptors (Lipinski definition) is 6. The zero-order valence-corrected chi connectivity index (χ0v) is 13.6. The molecule has 0 saturated carbocycles. The molecule has 24 heavy (non-hydrogen) atoms. The van der Waals surface area contributed by atoms with Crippen LogP contribution >= 0.6 is 0 Å². The van der Waals surface area contributed by atoms with Gasteiger partial charge in [-0.3, -0.25) is 14.9 Å². The van der Waals surface area contributed by atoms with Crippen LogP contribution in [0.3, 0.4) is 0 Å². The van der Waals surface area contributed by atoms with Crippen LogP contribution in [0, 0.1) is 0 Å². The average Bonchev–Trinajstić information content (AvgIpc) is 3.10. The second-order valence-electron chi connectivity index (χ2n) is 6.25. The molecule has 130 valence electrons. The fourth-order valence-electron chi connectivity index (χ4n) is 3.29. The Labute approximate surface area is 141 Å². The van der Waals surface area contributed by atoms with Gasteiger partial charge in [0.15, 0.2) is 0 Å². The zero-order chi connectivity index (χ0) is 16.8. The predicted octanol–water partition coefficient (Wildman–Crippen LogP) is 1.27. The van der Waals surface area contributed by atoms with Crippen LogP contribution in [-0.4, -0.2) is 59.4 Å². The van der Waals surface area contributed by atoms with Crippen LogP contribution in [0.4, 0.5) is 5.82 Å². The first-order valence-corrected chi connectivity index (χ1v) is 8.41. The molecule has 7 heteroatoms. The number of nitrogens with zero attached hydrogens (tertiary/aromatic N) is 2. The topological polar surface area (TPSA) is 86.7 Å². The Bertz CT molecular complexity index is 570. The molecule has 0 aromatic carbocycles. The minimum atomic E-state index is -0.559. The summed E-state index contributed by atoms with van der Waals surface area (Å²) < 4.78 is 5.44. The lowest BCUT2D eigenvalue weighted by Crippen LogP contribution is -2.39. The Morgan fingerprint density at radius 1 is 1.33 bits per heavy atom. The number of hydroxylamine groups is 1. The van der Waals surface area contributed by atoms with Gasteiger partial charge in [-0.1, -0.05) is 0 Å². The molecular weight excluding hydrogens is 308 g/mol. The number of ether oxygens (including phenoxy) is 1. The van der Waals surface area contributed by atoms with E-state index in [1.165, 1.54) is 6.08 Å². The van der Waals surface area contributed by atoms with E-state index in [0.29, 0.717) is 12.1 Å². The van der Waals surface area contributed by atoms with Crippen LogP contribution in [0.5, 0.6) is 0 Å². The van der Waals surface area contributed by atoms with Crippen molar-refractivity contribution >= 4 is 17.8 Å². The van der Waals surface area contributed by atoms with E-state index in [0.717, 1.165) is 56.9 Å². The molecule has 3 rings (SSSR count). The van der Waals surface area contributed by atoms with E-state index in [9.17, 15) is 4.79 Å². The van der Waals surface area contributed by atoms with E-state index in [1.807, 2.05) is 12.1 Å². The van der Waals surface area contributed by atoms with Gasteiger partial charge in [-0.2, -0.15) is 0 Å². The van der Waals surface area contributed by atoms with Crippen molar-refractivity contribution in [3.8, 4) is 0 Å². The number of amides is 1. The van der Waals surface area contributed by atoms with Crippen molar-refractivity contribution in [3.05, 3.63) is 30.0 Å². The van der Waals surface area contributed by atoms with Crippen molar-refractivity contribution in [1.29, 1.82) is 0 Å². The number of rotatable bonds is 5. The molecule has 3 heterocycles. The first-order valence-electron chi connectivity index (χ1n) is 8.41. The molecule has 3 N–H and O–H groups in total. The van der Waals surface area contributed by atoms with Gasteiger partial charge in [0.05, 0.1) is 0 Å². The normalized spacial score (nSPS) is 22.8. The minimum absolute atomic E-state index is 0.418. The molecule has 1 amide bonds. The molecule has 0 aliphatic carbocycles. The first-order chi connectivity index (χ1) is 11.7. The van der Waals surface area contributed by atoms with Crippen LogP contribution in [0.15, 0.2) is 24.4 Å². The third-order valence-corrected chi connectivity index (χ3v) is 4.60. The summed E-state index contributed by atoms with van der Waals surface area (Å²) in [6, 6.07) is 4.88. The lowest BCUT2D eigenvalue weighted by atomic mass is 10.1. The fourth-order valence-corrected chi connectivity index (χ4v) is 3.29. The van der Waals surface area contributed by atoms with Crippen LogP contribution in [0.2, 0.25) is 0 Å². The quantitative estimate of drug-likeness (QED) is 0.428. The number of aromatic nitrogens is 1. The van der Waals surface area contributed by atoms with Gasteiger partial charge in [-0.25, -0.2) is 10.5 Å². The molecule has 2 fully saturated rings. The highest BCUT2D eigenvalue weighted by Crippen LogP contribution is 2.22. The second kappa shape index (κ2) is 8.23. The number of pyridine rings is 1. The van der Waals surface area contributed by atoms with E-state index in [1.54, 1.807) is 17.8 Å². The van der Waals surface area contributed by atoms with Gasteiger partial charge in [0, 0.05) is 50.7 Å². The van der Waals surface area contributed by atoms with E-state index in [-0.39, 0.29) is 0 Å². The smallest absolute Gasteiger partial charge is 0.267 e. The SMILES string of the molecule is O=C(/C=C/c1ccc(N[C@@H]2CCN(C3CCOCC3)C2)nc1)NO. The molecule has 0 bridgehead atoms. The lowest BCUT2D eigenvalue weighted by molar-refractivity contribution is -0.124. The average molecular weight is 332 g/mol. The number of anilines is 1. The van der Waals surface area contributed by atoms with Crippen molar-refractivity contribution in [3.63, 3.8) is 0 Å². The molecule has 1 aromatic heterocycles. The molecule has 1 atom stereocenters. The van der Waals surface area contributed by atoms with Crippen LogP contribution in [0.1, 0.15) is 24.8 Å². The highest BCUT2D eigenvalue weighted by Gasteiger charge is 2.29. The first kappa shape index (κ1) is 16.9. The molecule has 1 aromatic rings. The Balaban J connectivity index is 1.49. The van der Waals surface area contributed by atoms with Gasteiger partial charge in [0.2, 0.25) is 0 Å². The summed E-state index contributed by atoms with van der Waals surface area (Å²) in [6.45, 7) is 3.93. The van der Waals surface area contributed by atoms with Crippen molar-refractivity contribution in [2.75, 3.05) is 31.6 Å². The van der Waals surface area contributed by atoms with Gasteiger partial charge in [0.25, 0.3) is 5.91 Å². The van der Waals surface area contributed by atoms with Gasteiger partial charge < -0.3 is 10.1 Å². The van der Waals surface area contributed by atoms with E-state index < -0.39 is 5.91 Å². The summed E-state index contributed by atoms with van der Waals surface area (Å²) in [5.74, 6) is 0.286. The molecular formula is C17H24N4O3. The minimum Gasteiger partial charge on any atom is -0.381 e. The van der Waals surface area contributed by atoms with Crippen molar-refractivity contribution < 1.29 is 14.7 Å². The number of hydrogen-bond donors (Lipinski definition) is 3. The monoisotopic (exact) mass is 332 g/mol. The molecule has 2 aliphatic heterocycles. The molecule has 2 saturated heterocycles. The number of carbonyl (C=O) groups is 1. The van der Waals surface area contributed by atoms with Crippen molar-refractivity contribution in [2.45, 2.75) is 31.3 Å². The standard InChI is InChI=1S/C17H24N4O3/c22-17(20-23)4-2-13-1-3-16(18-11-13)19-14-5-8-21(12-14)15-6-9-24-10-7-15/h1-4,11,14-15,23H,5-10,12H2,(H,18,19)(H,20,22)/b4-2+/t14-/m1/s1. The van der Waals surface area contributed by atoms with Crippen LogP contribution < -0.4 is 10.8 Å².